The number of carboxylic acid groups (broad SMARTS) is 1. The molecular formula is C12H10Cl2FN3O2S. The van der Waals surface area contributed by atoms with Crippen molar-refractivity contribution in [2.24, 2.45) is 0 Å². The van der Waals surface area contributed by atoms with E-state index in [2.05, 4.69) is 10.2 Å². The lowest BCUT2D eigenvalue weighted by molar-refractivity contribution is -0.133. The summed E-state index contributed by atoms with van der Waals surface area (Å²) in [6.45, 7) is 1.87. The summed E-state index contributed by atoms with van der Waals surface area (Å²) in [5.74, 6) is -1.23. The van der Waals surface area contributed by atoms with Crippen molar-refractivity contribution in [2.45, 2.75) is 18.5 Å². The summed E-state index contributed by atoms with van der Waals surface area (Å²) in [7, 11) is 0. The summed E-state index contributed by atoms with van der Waals surface area (Å²) in [6, 6.07) is 2.80. The molecule has 1 heterocycles. The lowest BCUT2D eigenvalue weighted by atomic mass is 10.3. The van der Waals surface area contributed by atoms with Crippen LogP contribution in [0.3, 0.4) is 0 Å². The first-order chi connectivity index (χ1) is 9.93. The average molecular weight is 350 g/mol. The maximum absolute atomic E-state index is 13.5. The molecule has 1 aromatic carbocycles. The quantitative estimate of drug-likeness (QED) is 0.661. The predicted molar refractivity (Wildman–Crippen MR) is 79.1 cm³/mol. The van der Waals surface area contributed by atoms with E-state index < -0.39 is 11.8 Å². The highest BCUT2D eigenvalue weighted by molar-refractivity contribution is 7.99. The zero-order valence-corrected chi connectivity index (χ0v) is 13.1. The van der Waals surface area contributed by atoms with Crippen LogP contribution in [0.15, 0.2) is 17.3 Å². The van der Waals surface area contributed by atoms with Gasteiger partial charge in [0, 0.05) is 6.42 Å². The Hall–Kier alpha value is -1.31. The molecule has 5 nitrogen and oxygen atoms in total. The molecule has 0 radical (unpaired) electrons. The van der Waals surface area contributed by atoms with E-state index in [1.807, 2.05) is 6.92 Å². The van der Waals surface area contributed by atoms with E-state index in [9.17, 15) is 9.18 Å². The molecule has 0 saturated carbocycles. The monoisotopic (exact) mass is 349 g/mol. The van der Waals surface area contributed by atoms with Crippen LogP contribution in [0.4, 0.5) is 4.39 Å². The van der Waals surface area contributed by atoms with Gasteiger partial charge >= 0.3 is 5.97 Å². The first-order valence-electron chi connectivity index (χ1n) is 5.87. The van der Waals surface area contributed by atoms with Crippen LogP contribution in [0, 0.1) is 5.82 Å². The Kier molecular flexibility index (Phi) is 5.08. The molecule has 2 aromatic rings. The zero-order valence-electron chi connectivity index (χ0n) is 10.8. The van der Waals surface area contributed by atoms with Crippen molar-refractivity contribution in [1.82, 2.24) is 14.8 Å². The molecular weight excluding hydrogens is 340 g/mol. The van der Waals surface area contributed by atoms with Crippen LogP contribution in [0.25, 0.3) is 5.69 Å². The van der Waals surface area contributed by atoms with E-state index in [-0.39, 0.29) is 15.8 Å². The number of thioether (sulfide) groups is 1. The van der Waals surface area contributed by atoms with Gasteiger partial charge in [-0.25, -0.2) is 4.39 Å². The molecule has 112 valence electrons. The molecule has 0 fully saturated rings. The van der Waals surface area contributed by atoms with Gasteiger partial charge in [-0.15, -0.1) is 10.2 Å². The number of benzene rings is 1. The number of halogens is 3. The van der Waals surface area contributed by atoms with Gasteiger partial charge in [-0.05, 0) is 12.1 Å². The summed E-state index contributed by atoms with van der Waals surface area (Å²) in [4.78, 5) is 10.7. The molecule has 0 unspecified atom stereocenters. The Morgan fingerprint density at radius 1 is 1.38 bits per heavy atom. The molecule has 0 aliphatic carbocycles. The summed E-state index contributed by atoms with van der Waals surface area (Å²) in [6.07, 6.45) is 0.563. The molecule has 1 N–H and O–H groups in total. The zero-order chi connectivity index (χ0) is 15.6. The van der Waals surface area contributed by atoms with Gasteiger partial charge in [-0.3, -0.25) is 9.36 Å². The van der Waals surface area contributed by atoms with Crippen molar-refractivity contribution >= 4 is 40.9 Å². The van der Waals surface area contributed by atoms with Crippen molar-refractivity contribution in [3.63, 3.8) is 0 Å². The van der Waals surface area contributed by atoms with Crippen molar-refractivity contribution in [2.75, 3.05) is 5.75 Å². The molecule has 21 heavy (non-hydrogen) atoms. The van der Waals surface area contributed by atoms with Gasteiger partial charge in [0.15, 0.2) is 11.0 Å². The van der Waals surface area contributed by atoms with Gasteiger partial charge in [0.25, 0.3) is 0 Å². The minimum absolute atomic E-state index is 0.123. The fraction of sp³-hybridized carbons (Fsp3) is 0.250. The van der Waals surface area contributed by atoms with Crippen LogP contribution in [0.2, 0.25) is 10.0 Å². The maximum atomic E-state index is 13.5. The second-order valence-electron chi connectivity index (χ2n) is 3.99. The van der Waals surface area contributed by atoms with Crippen molar-refractivity contribution in [1.29, 1.82) is 0 Å². The molecule has 0 amide bonds. The minimum Gasteiger partial charge on any atom is -0.481 e. The van der Waals surface area contributed by atoms with Crippen molar-refractivity contribution in [3.8, 4) is 5.69 Å². The Bertz CT molecular complexity index is 670. The second-order valence-corrected chi connectivity index (χ2v) is 5.75. The molecule has 0 atom stereocenters. The Morgan fingerprint density at radius 2 is 2.00 bits per heavy atom. The third-order valence-electron chi connectivity index (χ3n) is 2.57. The van der Waals surface area contributed by atoms with Crippen LogP contribution in [-0.4, -0.2) is 31.6 Å². The van der Waals surface area contributed by atoms with Crippen LogP contribution in [0.1, 0.15) is 12.7 Å². The number of aliphatic carboxylic acids is 1. The van der Waals surface area contributed by atoms with Crippen LogP contribution >= 0.6 is 35.0 Å². The first-order valence-corrected chi connectivity index (χ1v) is 7.62. The smallest absolute Gasteiger partial charge is 0.313 e. The molecule has 0 spiro atoms. The summed E-state index contributed by atoms with van der Waals surface area (Å²) in [5, 5.41) is 16.8. The number of aryl methyl sites for hydroxylation is 1. The second kappa shape index (κ2) is 6.64. The lowest BCUT2D eigenvalue weighted by Gasteiger charge is -2.10. The highest BCUT2D eigenvalue weighted by Crippen LogP contribution is 2.29. The molecule has 0 aliphatic heterocycles. The number of hydrogen-bond acceptors (Lipinski definition) is 4. The SMILES string of the molecule is CCc1nnc(SCC(=O)O)n1-c1cc(Cl)c(F)c(Cl)c1. The lowest BCUT2D eigenvalue weighted by Crippen LogP contribution is -2.05. The fourth-order valence-corrected chi connectivity index (χ4v) is 2.85. The summed E-state index contributed by atoms with van der Waals surface area (Å²) >= 11 is 12.6. The van der Waals surface area contributed by atoms with Crippen LogP contribution in [-0.2, 0) is 11.2 Å². The van der Waals surface area contributed by atoms with E-state index in [1.54, 1.807) is 4.57 Å². The van der Waals surface area contributed by atoms with E-state index >= 15 is 0 Å². The van der Waals surface area contributed by atoms with E-state index in [0.29, 0.717) is 23.1 Å². The number of nitrogens with zero attached hydrogens (tertiary/aromatic N) is 3. The van der Waals surface area contributed by atoms with Crippen LogP contribution < -0.4 is 0 Å². The van der Waals surface area contributed by atoms with Crippen molar-refractivity contribution < 1.29 is 14.3 Å². The number of carboxylic acids is 1. The number of aromatic nitrogens is 3. The van der Waals surface area contributed by atoms with Gasteiger partial charge in [-0.2, -0.15) is 0 Å². The van der Waals surface area contributed by atoms with Crippen LogP contribution in [0.5, 0.6) is 0 Å². The van der Waals surface area contributed by atoms with Gasteiger partial charge in [0.05, 0.1) is 21.5 Å². The summed E-state index contributed by atoms with van der Waals surface area (Å²) < 4.78 is 15.1. The highest BCUT2D eigenvalue weighted by atomic mass is 35.5. The molecule has 0 aliphatic rings. The topological polar surface area (TPSA) is 68.0 Å². The number of carbonyl (C=O) groups is 1. The minimum atomic E-state index is -0.970. The standard InChI is InChI=1S/C12H10Cl2FN3O2S/c1-2-9-16-17-12(21-5-10(19)20)18(9)6-3-7(13)11(15)8(14)4-6/h3-4H,2,5H2,1H3,(H,19,20). The fourth-order valence-electron chi connectivity index (χ4n) is 1.68. The predicted octanol–water partition coefficient (Wildman–Crippen LogP) is 3.45. The number of rotatable bonds is 5. The summed E-state index contributed by atoms with van der Waals surface area (Å²) in [5.41, 5.74) is 0.487. The Morgan fingerprint density at radius 3 is 2.52 bits per heavy atom. The molecule has 0 saturated heterocycles. The third kappa shape index (κ3) is 3.48. The molecule has 9 heteroatoms. The van der Waals surface area contributed by atoms with E-state index in [0.717, 1.165) is 11.8 Å². The maximum Gasteiger partial charge on any atom is 0.313 e. The molecule has 1 aromatic heterocycles. The third-order valence-corrected chi connectivity index (χ3v) is 4.03. The Balaban J connectivity index is 2.51. The molecule has 2 rings (SSSR count). The average Bonchev–Trinajstić information content (AvgIpc) is 2.84. The molecule has 0 bridgehead atoms. The van der Waals surface area contributed by atoms with Gasteiger partial charge in [0.2, 0.25) is 0 Å². The highest BCUT2D eigenvalue weighted by Gasteiger charge is 2.17. The van der Waals surface area contributed by atoms with Gasteiger partial charge in [0.1, 0.15) is 5.82 Å². The normalized spacial score (nSPS) is 10.9. The largest absolute Gasteiger partial charge is 0.481 e. The van der Waals surface area contributed by atoms with E-state index in [1.165, 1.54) is 12.1 Å². The van der Waals surface area contributed by atoms with Gasteiger partial charge in [-0.1, -0.05) is 41.9 Å². The van der Waals surface area contributed by atoms with Crippen molar-refractivity contribution in [3.05, 3.63) is 33.8 Å². The first kappa shape index (κ1) is 16.1. The number of hydrogen-bond donors (Lipinski definition) is 1. The van der Waals surface area contributed by atoms with E-state index in [4.69, 9.17) is 28.3 Å². The van der Waals surface area contributed by atoms with Gasteiger partial charge < -0.3 is 5.11 Å². The Labute approximate surface area is 134 Å².